The van der Waals surface area contributed by atoms with Crippen LogP contribution in [0, 0.1) is 0 Å². The molecule has 0 fully saturated rings. The number of amides is 1. The van der Waals surface area contributed by atoms with Gasteiger partial charge >= 0.3 is 0 Å². The van der Waals surface area contributed by atoms with Crippen LogP contribution < -0.4 is 10.6 Å². The van der Waals surface area contributed by atoms with Gasteiger partial charge in [0.15, 0.2) is 0 Å². The van der Waals surface area contributed by atoms with Crippen molar-refractivity contribution in [1.29, 1.82) is 0 Å². The molecule has 0 radical (unpaired) electrons. The Morgan fingerprint density at radius 2 is 1.85 bits per heavy atom. The number of fused-ring (bicyclic) bond motifs is 1. The lowest BCUT2D eigenvalue weighted by atomic mass is 10.1. The van der Waals surface area contributed by atoms with Crippen LogP contribution in [0.15, 0.2) is 66.9 Å². The minimum atomic E-state index is -0.0841. The molecule has 2 aromatic heterocycles. The van der Waals surface area contributed by atoms with E-state index in [2.05, 4.69) is 44.3 Å². The molecule has 0 saturated carbocycles. The van der Waals surface area contributed by atoms with Gasteiger partial charge in [0, 0.05) is 34.9 Å². The van der Waals surface area contributed by atoms with E-state index >= 15 is 0 Å². The van der Waals surface area contributed by atoms with E-state index in [9.17, 15) is 4.79 Å². The number of carbonyl (C=O) groups excluding carboxylic acids is 1. The van der Waals surface area contributed by atoms with E-state index in [1.54, 1.807) is 6.20 Å². The van der Waals surface area contributed by atoms with Gasteiger partial charge in [0.1, 0.15) is 5.69 Å². The first-order chi connectivity index (χ1) is 16.2. The third kappa shape index (κ3) is 5.75. The highest BCUT2D eigenvalue weighted by molar-refractivity contribution is 5.98. The zero-order valence-corrected chi connectivity index (χ0v) is 19.1. The van der Waals surface area contributed by atoms with Gasteiger partial charge in [-0.05, 0) is 56.4 Å². The van der Waals surface area contributed by atoms with Crippen LogP contribution in [0.3, 0.4) is 0 Å². The van der Waals surface area contributed by atoms with Crippen molar-refractivity contribution in [3.8, 4) is 11.3 Å². The molecule has 7 nitrogen and oxygen atoms in total. The van der Waals surface area contributed by atoms with Crippen LogP contribution in [0.2, 0.25) is 0 Å². The lowest BCUT2D eigenvalue weighted by molar-refractivity contribution is 0.0947. The summed E-state index contributed by atoms with van der Waals surface area (Å²) in [4.78, 5) is 27.1. The molecule has 0 aliphatic rings. The molecule has 170 valence electrons. The fourth-order valence-corrected chi connectivity index (χ4v) is 3.79. The van der Waals surface area contributed by atoms with E-state index in [1.165, 1.54) is 0 Å². The second-order valence-corrected chi connectivity index (χ2v) is 7.88. The summed E-state index contributed by atoms with van der Waals surface area (Å²) < 4.78 is 0. The van der Waals surface area contributed by atoms with Gasteiger partial charge in [-0.3, -0.25) is 4.79 Å². The molecule has 0 bridgehead atoms. The fraction of sp³-hybridized carbons (Fsp3) is 0.269. The molecule has 2 aromatic carbocycles. The summed E-state index contributed by atoms with van der Waals surface area (Å²) in [6.45, 7) is 8.02. The maximum Gasteiger partial charge on any atom is 0.267 e. The highest BCUT2D eigenvalue weighted by atomic mass is 16.1. The van der Waals surface area contributed by atoms with E-state index in [-0.39, 0.29) is 5.91 Å². The quantitative estimate of drug-likeness (QED) is 0.306. The Balaban J connectivity index is 1.40. The van der Waals surface area contributed by atoms with Crippen LogP contribution >= 0.6 is 0 Å². The summed E-state index contributed by atoms with van der Waals surface area (Å²) in [7, 11) is 0. The van der Waals surface area contributed by atoms with Crippen molar-refractivity contribution in [1.82, 2.24) is 25.2 Å². The lowest BCUT2D eigenvalue weighted by Crippen LogP contribution is -2.30. The first-order valence-corrected chi connectivity index (χ1v) is 11.4. The summed E-state index contributed by atoms with van der Waals surface area (Å²) in [6.07, 6.45) is 2.68. The number of benzene rings is 2. The minimum absolute atomic E-state index is 0.0841. The number of hydrogen-bond donors (Lipinski definition) is 3. The Kier molecular flexibility index (Phi) is 7.32. The number of nitrogens with one attached hydrogen (secondary N) is 3. The Hall–Kier alpha value is -3.71. The van der Waals surface area contributed by atoms with Crippen molar-refractivity contribution in [3.63, 3.8) is 0 Å². The number of anilines is 2. The molecule has 3 N–H and O–H groups in total. The van der Waals surface area contributed by atoms with Crippen LogP contribution in [-0.2, 0) is 0 Å². The molecule has 2 heterocycles. The number of rotatable bonds is 10. The van der Waals surface area contributed by atoms with Crippen molar-refractivity contribution >= 4 is 28.4 Å². The van der Waals surface area contributed by atoms with Crippen molar-refractivity contribution in [3.05, 3.63) is 72.6 Å². The van der Waals surface area contributed by atoms with E-state index in [0.29, 0.717) is 18.2 Å². The molecule has 4 rings (SSSR count). The second kappa shape index (κ2) is 10.7. The summed E-state index contributed by atoms with van der Waals surface area (Å²) in [5.41, 5.74) is 4.23. The maximum atomic E-state index is 12.6. The third-order valence-corrected chi connectivity index (χ3v) is 5.68. The van der Waals surface area contributed by atoms with Gasteiger partial charge in [-0.2, -0.15) is 0 Å². The number of hydrogen-bond acceptors (Lipinski definition) is 5. The van der Waals surface area contributed by atoms with E-state index in [1.807, 2.05) is 60.7 Å². The Labute approximate surface area is 194 Å². The number of aromatic amines is 1. The normalized spacial score (nSPS) is 11.1. The van der Waals surface area contributed by atoms with Gasteiger partial charge in [0.05, 0.1) is 5.69 Å². The van der Waals surface area contributed by atoms with Gasteiger partial charge in [-0.15, -0.1) is 0 Å². The lowest BCUT2D eigenvalue weighted by Gasteiger charge is -2.17. The fourth-order valence-electron chi connectivity index (χ4n) is 3.79. The molecule has 0 spiro atoms. The summed E-state index contributed by atoms with van der Waals surface area (Å²) in [5.74, 6) is 0.441. The van der Waals surface area contributed by atoms with Crippen LogP contribution in [0.1, 0.15) is 30.8 Å². The first kappa shape index (κ1) is 22.5. The zero-order valence-electron chi connectivity index (χ0n) is 19.1. The molecule has 4 aromatic rings. The maximum absolute atomic E-state index is 12.6. The summed E-state index contributed by atoms with van der Waals surface area (Å²) in [6, 6.07) is 19.7. The topological polar surface area (TPSA) is 85.9 Å². The van der Waals surface area contributed by atoms with Crippen LogP contribution in [0.5, 0.6) is 0 Å². The van der Waals surface area contributed by atoms with Crippen molar-refractivity contribution < 1.29 is 4.79 Å². The van der Waals surface area contributed by atoms with Crippen molar-refractivity contribution in [2.45, 2.75) is 20.3 Å². The van der Waals surface area contributed by atoms with Gasteiger partial charge in [-0.1, -0.05) is 44.2 Å². The molecule has 0 atom stereocenters. The Bertz CT molecular complexity index is 1200. The molecule has 1 amide bonds. The van der Waals surface area contributed by atoms with Gasteiger partial charge in [0.25, 0.3) is 5.91 Å². The monoisotopic (exact) mass is 442 g/mol. The first-order valence-electron chi connectivity index (χ1n) is 11.4. The molecular formula is C26H30N6O. The number of carbonyl (C=O) groups is 1. The Morgan fingerprint density at radius 1 is 1.03 bits per heavy atom. The van der Waals surface area contributed by atoms with Crippen molar-refractivity contribution in [2.75, 3.05) is 31.5 Å². The molecule has 7 heteroatoms. The van der Waals surface area contributed by atoms with Gasteiger partial charge in [0.2, 0.25) is 5.95 Å². The highest BCUT2D eigenvalue weighted by Gasteiger charge is 2.10. The molecule has 0 saturated heterocycles. The number of H-pyrrole nitrogens is 1. The predicted octanol–water partition coefficient (Wildman–Crippen LogP) is 4.83. The zero-order chi connectivity index (χ0) is 23.0. The molecular weight excluding hydrogens is 412 g/mol. The average Bonchev–Trinajstić information content (AvgIpc) is 3.28. The highest BCUT2D eigenvalue weighted by Crippen LogP contribution is 2.23. The largest absolute Gasteiger partial charge is 0.351 e. The minimum Gasteiger partial charge on any atom is -0.351 e. The van der Waals surface area contributed by atoms with Crippen LogP contribution in [0.25, 0.3) is 22.2 Å². The SMILES string of the molecule is CCN(CC)CCCNC(=O)c1cc2cc(Nc3nccc(-c4ccccc4)n3)ccc2[nH]1. The molecule has 0 unspecified atom stereocenters. The summed E-state index contributed by atoms with van der Waals surface area (Å²) in [5, 5.41) is 7.23. The summed E-state index contributed by atoms with van der Waals surface area (Å²) >= 11 is 0. The Morgan fingerprint density at radius 3 is 2.64 bits per heavy atom. The molecule has 0 aliphatic heterocycles. The smallest absolute Gasteiger partial charge is 0.267 e. The van der Waals surface area contributed by atoms with Gasteiger partial charge < -0.3 is 20.5 Å². The van der Waals surface area contributed by atoms with Crippen molar-refractivity contribution in [2.24, 2.45) is 0 Å². The van der Waals surface area contributed by atoms with E-state index < -0.39 is 0 Å². The third-order valence-electron chi connectivity index (χ3n) is 5.68. The van der Waals surface area contributed by atoms with E-state index in [0.717, 1.165) is 53.9 Å². The van der Waals surface area contributed by atoms with E-state index in [4.69, 9.17) is 0 Å². The predicted molar refractivity (Wildman–Crippen MR) is 134 cm³/mol. The average molecular weight is 443 g/mol. The number of aromatic nitrogens is 3. The number of nitrogens with zero attached hydrogens (tertiary/aromatic N) is 3. The standard InChI is InChI=1S/C26H30N6O/c1-3-32(4-2)16-8-14-27-25(33)24-18-20-17-21(11-12-22(20)30-24)29-26-28-15-13-23(31-26)19-9-6-5-7-10-19/h5-7,9-13,15,17-18,30H,3-4,8,14,16H2,1-2H3,(H,27,33)(H,28,29,31). The second-order valence-electron chi connectivity index (χ2n) is 7.88. The molecule has 33 heavy (non-hydrogen) atoms. The van der Waals surface area contributed by atoms with Gasteiger partial charge in [-0.25, -0.2) is 9.97 Å². The van der Waals surface area contributed by atoms with Crippen LogP contribution in [-0.4, -0.2) is 51.9 Å². The molecule has 0 aliphatic carbocycles. The van der Waals surface area contributed by atoms with Crippen LogP contribution in [0.4, 0.5) is 11.6 Å².